The van der Waals surface area contributed by atoms with Crippen LogP contribution in [0.1, 0.15) is 0 Å². The van der Waals surface area contributed by atoms with Gasteiger partial charge in [-0.25, -0.2) is 4.39 Å². The summed E-state index contributed by atoms with van der Waals surface area (Å²) in [5, 5.41) is 20.4. The van der Waals surface area contributed by atoms with Crippen molar-refractivity contribution < 1.29 is 14.0 Å². The summed E-state index contributed by atoms with van der Waals surface area (Å²) in [6.45, 7) is 0. The predicted octanol–water partition coefficient (Wildman–Crippen LogP) is 0.367. The third-order valence-electron chi connectivity index (χ3n) is 1.01. The second-order valence-electron chi connectivity index (χ2n) is 1.83. The number of aromatic nitrogens is 1. The average molecular weight is 158 g/mol. The minimum absolute atomic E-state index is 0.0491. The molecule has 0 aliphatic rings. The smallest absolute Gasteiger partial charge is 0.336 e. The van der Waals surface area contributed by atoms with E-state index in [0.29, 0.717) is 18.5 Å². The molecule has 1 heterocycles. The Morgan fingerprint density at radius 1 is 1.55 bits per heavy atom. The molecular weight excluding hydrogens is 155 g/mol. The first kappa shape index (κ1) is 7.39. The summed E-state index contributed by atoms with van der Waals surface area (Å²) in [7, 11) is 0. The maximum atomic E-state index is 12.3. The van der Waals surface area contributed by atoms with Gasteiger partial charge in [-0.3, -0.25) is 10.1 Å². The summed E-state index contributed by atoms with van der Waals surface area (Å²) in [5.74, 6) is -0.922. The summed E-state index contributed by atoms with van der Waals surface area (Å²) in [6, 6.07) is 0.675. The molecule has 5 nitrogen and oxygen atoms in total. The molecule has 0 saturated carbocycles. The van der Waals surface area contributed by atoms with Gasteiger partial charge in [-0.05, 0) is 0 Å². The van der Waals surface area contributed by atoms with Crippen molar-refractivity contribution in [1.82, 2.24) is 0 Å². The van der Waals surface area contributed by atoms with Crippen LogP contribution in [0.3, 0.4) is 0 Å². The first-order chi connectivity index (χ1) is 5.09. The lowest BCUT2D eigenvalue weighted by molar-refractivity contribution is -0.611. The van der Waals surface area contributed by atoms with Crippen LogP contribution >= 0.6 is 0 Å². The van der Waals surface area contributed by atoms with Gasteiger partial charge in [0.05, 0.1) is 11.0 Å². The zero-order chi connectivity index (χ0) is 8.43. The van der Waals surface area contributed by atoms with Crippen molar-refractivity contribution in [3.8, 4) is 0 Å². The first-order valence-corrected chi connectivity index (χ1v) is 2.63. The number of nitro groups is 1. The van der Waals surface area contributed by atoms with E-state index in [1.165, 1.54) is 0 Å². The molecule has 0 saturated heterocycles. The van der Waals surface area contributed by atoms with E-state index in [0.717, 1.165) is 0 Å². The summed E-state index contributed by atoms with van der Waals surface area (Å²) in [5.41, 5.74) is -0.556. The topological polar surface area (TPSA) is 70.1 Å². The van der Waals surface area contributed by atoms with E-state index in [9.17, 15) is 19.7 Å². The van der Waals surface area contributed by atoms with Crippen LogP contribution < -0.4 is 4.73 Å². The highest BCUT2D eigenvalue weighted by Gasteiger charge is 2.11. The van der Waals surface area contributed by atoms with E-state index in [-0.39, 0.29) is 4.73 Å². The van der Waals surface area contributed by atoms with Crippen LogP contribution in [0.5, 0.6) is 0 Å². The third-order valence-corrected chi connectivity index (χ3v) is 1.01. The normalized spacial score (nSPS) is 9.55. The van der Waals surface area contributed by atoms with E-state index >= 15 is 0 Å². The quantitative estimate of drug-likeness (QED) is 0.256. The zero-order valence-corrected chi connectivity index (χ0v) is 5.23. The SMILES string of the molecule is O=[N+]([O-])c1cc(F)c[n+]([O-])c1. The van der Waals surface area contributed by atoms with Crippen molar-refractivity contribution in [3.05, 3.63) is 39.6 Å². The Balaban J connectivity index is 3.19. The van der Waals surface area contributed by atoms with Gasteiger partial charge in [0.2, 0.25) is 6.20 Å². The van der Waals surface area contributed by atoms with Crippen LogP contribution in [0.2, 0.25) is 0 Å². The van der Waals surface area contributed by atoms with Crippen LogP contribution in [-0.4, -0.2) is 4.92 Å². The van der Waals surface area contributed by atoms with Gasteiger partial charge >= 0.3 is 5.69 Å². The molecule has 0 bridgehead atoms. The highest BCUT2D eigenvalue weighted by molar-refractivity contribution is 5.22. The molecule has 0 atom stereocenters. The average Bonchev–Trinajstić information content (AvgIpc) is 1.85. The summed E-state index contributed by atoms with van der Waals surface area (Å²) in [6.07, 6.45) is 1.29. The van der Waals surface area contributed by atoms with Crippen LogP contribution in [0, 0.1) is 21.1 Å². The second-order valence-corrected chi connectivity index (χ2v) is 1.83. The Morgan fingerprint density at radius 3 is 2.64 bits per heavy atom. The molecule has 11 heavy (non-hydrogen) atoms. The molecule has 1 aromatic rings. The fourth-order valence-corrected chi connectivity index (χ4v) is 0.605. The molecule has 0 spiro atoms. The van der Waals surface area contributed by atoms with Gasteiger partial charge in [0, 0.05) is 0 Å². The van der Waals surface area contributed by atoms with Gasteiger partial charge < -0.3 is 5.21 Å². The maximum Gasteiger partial charge on any atom is 0.336 e. The molecule has 1 aromatic heterocycles. The van der Waals surface area contributed by atoms with Crippen molar-refractivity contribution in [2.45, 2.75) is 0 Å². The summed E-state index contributed by atoms with van der Waals surface area (Å²) in [4.78, 5) is 9.16. The monoisotopic (exact) mass is 158 g/mol. The lowest BCUT2D eigenvalue weighted by atomic mass is 10.4. The molecular formula is C5H3FN2O3. The van der Waals surface area contributed by atoms with Gasteiger partial charge in [0.1, 0.15) is 0 Å². The van der Waals surface area contributed by atoms with Gasteiger partial charge in [-0.1, -0.05) is 0 Å². The predicted molar refractivity (Wildman–Crippen MR) is 32.0 cm³/mol. The molecule has 0 aliphatic heterocycles. The van der Waals surface area contributed by atoms with Gasteiger partial charge in [-0.2, -0.15) is 4.73 Å². The highest BCUT2D eigenvalue weighted by atomic mass is 19.1. The van der Waals surface area contributed by atoms with Crippen LogP contribution in [-0.2, 0) is 0 Å². The number of nitrogens with zero attached hydrogens (tertiary/aromatic N) is 2. The molecule has 0 radical (unpaired) electrons. The Labute approximate surface area is 60.4 Å². The Kier molecular flexibility index (Phi) is 1.67. The van der Waals surface area contributed by atoms with E-state index < -0.39 is 16.4 Å². The van der Waals surface area contributed by atoms with Crippen molar-refractivity contribution in [2.24, 2.45) is 0 Å². The largest absolute Gasteiger partial charge is 0.618 e. The van der Waals surface area contributed by atoms with E-state index in [1.54, 1.807) is 0 Å². The van der Waals surface area contributed by atoms with E-state index in [1.807, 2.05) is 0 Å². The van der Waals surface area contributed by atoms with Crippen LogP contribution in [0.15, 0.2) is 18.5 Å². The van der Waals surface area contributed by atoms with Gasteiger partial charge in [0.25, 0.3) is 6.20 Å². The molecule has 0 aliphatic carbocycles. The molecule has 0 unspecified atom stereocenters. The number of rotatable bonds is 1. The summed E-state index contributed by atoms with van der Waals surface area (Å²) >= 11 is 0. The van der Waals surface area contributed by atoms with Crippen molar-refractivity contribution in [3.63, 3.8) is 0 Å². The lowest BCUT2D eigenvalue weighted by Gasteiger charge is -1.93. The van der Waals surface area contributed by atoms with Gasteiger partial charge in [-0.15, -0.1) is 0 Å². The minimum Gasteiger partial charge on any atom is -0.618 e. The van der Waals surface area contributed by atoms with Crippen LogP contribution in [0.25, 0.3) is 0 Å². The zero-order valence-electron chi connectivity index (χ0n) is 5.23. The summed E-state index contributed by atoms with van der Waals surface area (Å²) < 4.78 is 12.3. The Hall–Kier alpha value is -1.72. The van der Waals surface area contributed by atoms with E-state index in [4.69, 9.17) is 0 Å². The Morgan fingerprint density at radius 2 is 2.18 bits per heavy atom. The molecule has 6 heteroatoms. The highest BCUT2D eigenvalue weighted by Crippen LogP contribution is 2.07. The van der Waals surface area contributed by atoms with Crippen LogP contribution in [0.4, 0.5) is 10.1 Å². The molecule has 0 fully saturated rings. The number of hydrogen-bond donors (Lipinski definition) is 0. The molecule has 58 valence electrons. The Bertz CT molecular complexity index is 282. The van der Waals surface area contributed by atoms with Crippen molar-refractivity contribution in [1.29, 1.82) is 0 Å². The number of pyridine rings is 1. The molecule has 0 amide bonds. The fourth-order valence-electron chi connectivity index (χ4n) is 0.605. The molecule has 0 N–H and O–H groups in total. The van der Waals surface area contributed by atoms with Crippen molar-refractivity contribution >= 4 is 5.69 Å². The van der Waals surface area contributed by atoms with E-state index in [2.05, 4.69) is 0 Å². The lowest BCUT2D eigenvalue weighted by Crippen LogP contribution is -2.25. The molecule has 0 aromatic carbocycles. The van der Waals surface area contributed by atoms with Gasteiger partial charge in [0.15, 0.2) is 5.82 Å². The van der Waals surface area contributed by atoms with Crippen molar-refractivity contribution in [2.75, 3.05) is 0 Å². The molecule has 1 rings (SSSR count). The number of hydrogen-bond acceptors (Lipinski definition) is 3. The second kappa shape index (κ2) is 2.49. The first-order valence-electron chi connectivity index (χ1n) is 2.63. The maximum absolute atomic E-state index is 12.3. The standard InChI is InChI=1S/C5H3FN2O3/c6-4-1-5(8(10)11)3-7(9)2-4/h1-3H. The number of halogens is 1. The fraction of sp³-hybridized carbons (Fsp3) is 0. The third kappa shape index (κ3) is 1.60. The minimum atomic E-state index is -0.922.